The monoisotopic (exact) mass is 271 g/mol. The normalized spacial score (nSPS) is 13.7. The van der Waals surface area contributed by atoms with Gasteiger partial charge < -0.3 is 10.4 Å². The van der Waals surface area contributed by atoms with E-state index >= 15 is 0 Å². The Bertz CT molecular complexity index is 410. The number of aliphatic hydroxyl groups excluding tert-OH is 1. The maximum atomic E-state index is 12.0. The number of aliphatic hydroxyl groups is 1. The van der Waals surface area contributed by atoms with Gasteiger partial charge >= 0.3 is 0 Å². The molecule has 1 atom stereocenters. The maximum Gasteiger partial charge on any atom is 0.265 e. The summed E-state index contributed by atoms with van der Waals surface area (Å²) in [6.07, 6.45) is -0.534. The minimum atomic E-state index is -0.534. The Kier molecular flexibility index (Phi) is 4.81. The zero-order valence-electron chi connectivity index (χ0n) is 11.5. The molecule has 0 aliphatic rings. The standard InChI is InChI=1S/C12H21N3O2S/c1-7(2)8(16)6-13-11(17)9-10(12(3,4)5)14-15-18-9/h7-8,16H,6H2,1-5H3,(H,13,17). The molecule has 1 amide bonds. The van der Waals surface area contributed by atoms with Gasteiger partial charge in [-0.3, -0.25) is 4.79 Å². The van der Waals surface area contributed by atoms with Gasteiger partial charge in [-0.25, -0.2) is 0 Å². The third kappa shape index (κ3) is 3.74. The number of hydrogen-bond acceptors (Lipinski definition) is 5. The van der Waals surface area contributed by atoms with Gasteiger partial charge in [-0.2, -0.15) is 0 Å². The topological polar surface area (TPSA) is 75.1 Å². The van der Waals surface area contributed by atoms with E-state index in [1.54, 1.807) is 0 Å². The van der Waals surface area contributed by atoms with Crippen LogP contribution in [0.4, 0.5) is 0 Å². The van der Waals surface area contributed by atoms with Crippen LogP contribution in [0.2, 0.25) is 0 Å². The van der Waals surface area contributed by atoms with Crippen molar-refractivity contribution in [3.05, 3.63) is 10.6 Å². The van der Waals surface area contributed by atoms with Crippen molar-refractivity contribution in [1.82, 2.24) is 14.9 Å². The van der Waals surface area contributed by atoms with Crippen molar-refractivity contribution in [2.24, 2.45) is 5.92 Å². The predicted molar refractivity (Wildman–Crippen MR) is 71.8 cm³/mol. The number of nitrogens with one attached hydrogen (secondary N) is 1. The van der Waals surface area contributed by atoms with E-state index in [9.17, 15) is 9.90 Å². The van der Waals surface area contributed by atoms with Crippen molar-refractivity contribution in [3.8, 4) is 0 Å². The van der Waals surface area contributed by atoms with E-state index in [2.05, 4.69) is 14.9 Å². The number of aromatic nitrogens is 2. The van der Waals surface area contributed by atoms with Gasteiger partial charge in [0.15, 0.2) is 0 Å². The number of hydrogen-bond donors (Lipinski definition) is 2. The fraction of sp³-hybridized carbons (Fsp3) is 0.750. The quantitative estimate of drug-likeness (QED) is 0.872. The van der Waals surface area contributed by atoms with Crippen molar-refractivity contribution in [1.29, 1.82) is 0 Å². The molecule has 1 aromatic rings. The second-order valence-corrected chi connectivity index (χ2v) is 6.48. The summed E-state index contributed by atoms with van der Waals surface area (Å²) in [5.41, 5.74) is 0.486. The molecule has 1 heterocycles. The lowest BCUT2D eigenvalue weighted by Crippen LogP contribution is -2.35. The molecular weight excluding hydrogens is 250 g/mol. The number of nitrogens with zero attached hydrogens (tertiary/aromatic N) is 2. The van der Waals surface area contributed by atoms with Crippen molar-refractivity contribution < 1.29 is 9.90 Å². The molecule has 0 spiro atoms. The number of amides is 1. The molecular formula is C12H21N3O2S. The maximum absolute atomic E-state index is 12.0. The van der Waals surface area contributed by atoms with Crippen molar-refractivity contribution in [2.45, 2.75) is 46.1 Å². The van der Waals surface area contributed by atoms with E-state index < -0.39 is 6.10 Å². The summed E-state index contributed by atoms with van der Waals surface area (Å²) in [4.78, 5) is 12.5. The number of rotatable bonds is 4. The molecule has 0 aliphatic heterocycles. The van der Waals surface area contributed by atoms with Gasteiger partial charge in [0.1, 0.15) is 4.88 Å². The van der Waals surface area contributed by atoms with Gasteiger partial charge in [0.25, 0.3) is 5.91 Å². The molecule has 0 radical (unpaired) electrons. The van der Waals surface area contributed by atoms with Gasteiger partial charge in [-0.1, -0.05) is 39.1 Å². The van der Waals surface area contributed by atoms with E-state index in [4.69, 9.17) is 0 Å². The van der Waals surface area contributed by atoms with Crippen LogP contribution in [0.3, 0.4) is 0 Å². The molecule has 2 N–H and O–H groups in total. The Balaban J connectivity index is 2.71. The summed E-state index contributed by atoms with van der Waals surface area (Å²) in [7, 11) is 0. The summed E-state index contributed by atoms with van der Waals surface area (Å²) in [5.74, 6) is -0.0957. The lowest BCUT2D eigenvalue weighted by atomic mass is 9.91. The molecule has 0 saturated carbocycles. The molecule has 5 nitrogen and oxygen atoms in total. The minimum absolute atomic E-state index is 0.118. The van der Waals surface area contributed by atoms with Gasteiger partial charge in [-0.15, -0.1) is 5.10 Å². The Morgan fingerprint density at radius 3 is 2.56 bits per heavy atom. The third-order valence-corrected chi connectivity index (χ3v) is 3.37. The van der Waals surface area contributed by atoms with Gasteiger partial charge in [0.2, 0.25) is 0 Å². The van der Waals surface area contributed by atoms with Crippen LogP contribution in [-0.2, 0) is 5.41 Å². The van der Waals surface area contributed by atoms with Crippen LogP contribution >= 0.6 is 11.5 Å². The van der Waals surface area contributed by atoms with Crippen molar-refractivity contribution in [3.63, 3.8) is 0 Å². The molecule has 1 unspecified atom stereocenters. The highest BCUT2D eigenvalue weighted by Gasteiger charge is 2.26. The van der Waals surface area contributed by atoms with Gasteiger partial charge in [-0.05, 0) is 17.5 Å². The first-order valence-electron chi connectivity index (χ1n) is 6.02. The van der Waals surface area contributed by atoms with Crippen LogP contribution in [0.15, 0.2) is 0 Å². The second-order valence-electron chi connectivity index (χ2n) is 5.72. The Morgan fingerprint density at radius 2 is 2.06 bits per heavy atom. The highest BCUT2D eigenvalue weighted by molar-refractivity contribution is 7.08. The smallest absolute Gasteiger partial charge is 0.265 e. The highest BCUT2D eigenvalue weighted by Crippen LogP contribution is 2.25. The lowest BCUT2D eigenvalue weighted by Gasteiger charge is -2.17. The van der Waals surface area contributed by atoms with E-state index in [1.165, 1.54) is 0 Å². The summed E-state index contributed by atoms with van der Waals surface area (Å²) < 4.78 is 3.84. The van der Waals surface area contributed by atoms with E-state index in [0.29, 0.717) is 10.6 Å². The van der Waals surface area contributed by atoms with Crippen LogP contribution < -0.4 is 5.32 Å². The molecule has 102 valence electrons. The average Bonchev–Trinajstić information content (AvgIpc) is 2.73. The summed E-state index contributed by atoms with van der Waals surface area (Å²) in [6.45, 7) is 10.0. The Hall–Kier alpha value is -1.01. The lowest BCUT2D eigenvalue weighted by molar-refractivity contribution is 0.0873. The minimum Gasteiger partial charge on any atom is -0.391 e. The van der Waals surface area contributed by atoms with Crippen LogP contribution in [0.5, 0.6) is 0 Å². The largest absolute Gasteiger partial charge is 0.391 e. The zero-order chi connectivity index (χ0) is 13.9. The summed E-state index contributed by atoms with van der Waals surface area (Å²) >= 11 is 1.09. The molecule has 0 fully saturated rings. The molecule has 0 aliphatic carbocycles. The Morgan fingerprint density at radius 1 is 1.44 bits per heavy atom. The molecule has 0 saturated heterocycles. The highest BCUT2D eigenvalue weighted by atomic mass is 32.1. The first-order valence-corrected chi connectivity index (χ1v) is 6.80. The first kappa shape index (κ1) is 15.0. The zero-order valence-corrected chi connectivity index (χ0v) is 12.3. The molecule has 0 bridgehead atoms. The molecule has 1 rings (SSSR count). The second kappa shape index (κ2) is 5.75. The molecule has 0 aromatic carbocycles. The van der Waals surface area contributed by atoms with Gasteiger partial charge in [0, 0.05) is 12.0 Å². The fourth-order valence-electron chi connectivity index (χ4n) is 1.34. The van der Waals surface area contributed by atoms with Crippen molar-refractivity contribution >= 4 is 17.4 Å². The number of carbonyl (C=O) groups excluding carboxylic acids is 1. The van der Waals surface area contributed by atoms with Gasteiger partial charge in [0.05, 0.1) is 11.8 Å². The fourth-order valence-corrected chi connectivity index (χ4v) is 2.14. The van der Waals surface area contributed by atoms with E-state index in [1.807, 2.05) is 34.6 Å². The molecule has 1 aromatic heterocycles. The van der Waals surface area contributed by atoms with E-state index in [0.717, 1.165) is 11.5 Å². The van der Waals surface area contributed by atoms with E-state index in [-0.39, 0.29) is 23.8 Å². The van der Waals surface area contributed by atoms with Crippen LogP contribution in [-0.4, -0.2) is 33.2 Å². The Labute approximate surface area is 112 Å². The average molecular weight is 271 g/mol. The summed E-state index contributed by atoms with van der Waals surface area (Å²) in [5, 5.41) is 16.4. The van der Waals surface area contributed by atoms with Crippen LogP contribution in [0.25, 0.3) is 0 Å². The van der Waals surface area contributed by atoms with Crippen molar-refractivity contribution in [2.75, 3.05) is 6.54 Å². The molecule has 6 heteroatoms. The third-order valence-electron chi connectivity index (χ3n) is 2.65. The first-order chi connectivity index (χ1) is 8.23. The van der Waals surface area contributed by atoms with Crippen LogP contribution in [0, 0.1) is 5.92 Å². The summed E-state index contributed by atoms with van der Waals surface area (Å²) in [6, 6.07) is 0. The predicted octanol–water partition coefficient (Wildman–Crippen LogP) is 1.58. The van der Waals surface area contributed by atoms with Crippen LogP contribution in [0.1, 0.15) is 50.0 Å². The number of carbonyl (C=O) groups is 1. The SMILES string of the molecule is CC(C)C(O)CNC(=O)c1snnc1C(C)(C)C. The molecule has 18 heavy (non-hydrogen) atoms.